The van der Waals surface area contributed by atoms with E-state index in [9.17, 15) is 30.7 Å². The predicted octanol–water partition coefficient (Wildman–Crippen LogP) is 4.55. The zero-order valence-electron chi connectivity index (χ0n) is 17.9. The van der Waals surface area contributed by atoms with Crippen LogP contribution in [0.4, 0.5) is 42.4 Å². The number of piperidine rings is 1. The normalized spacial score (nSPS) is 22.6. The summed E-state index contributed by atoms with van der Waals surface area (Å²) in [6, 6.07) is 2.80. The highest BCUT2D eigenvalue weighted by atomic mass is 19.4. The molecule has 1 N–H and O–H groups in total. The molecule has 1 aliphatic heterocycles. The quantitative estimate of drug-likeness (QED) is 0.515. The summed E-state index contributed by atoms with van der Waals surface area (Å²) >= 11 is 0. The molecule has 1 aliphatic carbocycles. The first-order chi connectivity index (χ1) is 16.5. The number of pyridine rings is 2. The smallest absolute Gasteiger partial charge is 0.433 e. The molecular formula is C21H19F7N6O. The molecule has 4 heterocycles. The van der Waals surface area contributed by atoms with Gasteiger partial charge in [-0.25, -0.2) is 8.91 Å². The van der Waals surface area contributed by atoms with Crippen molar-refractivity contribution in [1.29, 1.82) is 0 Å². The first kappa shape index (κ1) is 23.4. The lowest BCUT2D eigenvalue weighted by molar-refractivity contribution is -0.153. The molecule has 3 aromatic heterocycles. The zero-order valence-corrected chi connectivity index (χ0v) is 17.9. The summed E-state index contributed by atoms with van der Waals surface area (Å²) in [7, 11) is 0. The Bertz CT molecular complexity index is 1210. The fourth-order valence-corrected chi connectivity index (χ4v) is 4.92. The Morgan fingerprint density at radius 2 is 1.74 bits per heavy atom. The first-order valence-electron chi connectivity index (χ1n) is 10.8. The van der Waals surface area contributed by atoms with Crippen molar-refractivity contribution in [1.82, 2.24) is 19.6 Å². The summed E-state index contributed by atoms with van der Waals surface area (Å²) in [5.74, 6) is -0.982. The van der Waals surface area contributed by atoms with Gasteiger partial charge in [-0.2, -0.15) is 31.3 Å². The molecular weight excluding hydrogens is 485 g/mol. The summed E-state index contributed by atoms with van der Waals surface area (Å²) < 4.78 is 97.6. The topological polar surface area (TPSA) is 67.6 Å². The second kappa shape index (κ2) is 8.41. The Morgan fingerprint density at radius 3 is 2.37 bits per heavy atom. The molecule has 1 saturated heterocycles. The van der Waals surface area contributed by atoms with Gasteiger partial charge in [-0.05, 0) is 42.9 Å². The molecule has 1 saturated carbocycles. The van der Waals surface area contributed by atoms with Gasteiger partial charge in [-0.15, -0.1) is 5.10 Å². The minimum atomic E-state index is -4.81. The van der Waals surface area contributed by atoms with Crippen molar-refractivity contribution in [3.63, 3.8) is 0 Å². The Labute approximate surface area is 193 Å². The molecule has 0 amide bonds. The number of aromatic nitrogens is 4. The van der Waals surface area contributed by atoms with Crippen molar-refractivity contribution in [2.24, 2.45) is 11.8 Å². The Balaban J connectivity index is 1.41. The van der Waals surface area contributed by atoms with Gasteiger partial charge in [0.2, 0.25) is 5.95 Å². The van der Waals surface area contributed by atoms with E-state index in [0.29, 0.717) is 29.4 Å². The number of rotatable bonds is 5. The molecule has 2 bridgehead atoms. The predicted molar refractivity (Wildman–Crippen MR) is 110 cm³/mol. The largest absolute Gasteiger partial charge is 0.480 e. The summed E-state index contributed by atoms with van der Waals surface area (Å²) in [6.07, 6.45) is -5.23. The van der Waals surface area contributed by atoms with Gasteiger partial charge < -0.3 is 15.0 Å². The average Bonchev–Trinajstić information content (AvgIpc) is 3.28. The fourth-order valence-electron chi connectivity index (χ4n) is 4.92. The summed E-state index contributed by atoms with van der Waals surface area (Å²) in [6.45, 7) is -0.662. The molecule has 0 spiro atoms. The van der Waals surface area contributed by atoms with E-state index in [1.54, 1.807) is 6.07 Å². The van der Waals surface area contributed by atoms with Gasteiger partial charge in [0.15, 0.2) is 23.8 Å². The number of ether oxygens (including phenoxy) is 1. The molecule has 188 valence electrons. The minimum Gasteiger partial charge on any atom is -0.480 e. The fraction of sp³-hybridized carbons (Fsp3) is 0.476. The third kappa shape index (κ3) is 4.65. The van der Waals surface area contributed by atoms with Crippen molar-refractivity contribution in [3.8, 4) is 5.75 Å². The maximum Gasteiger partial charge on any atom is 0.433 e. The minimum absolute atomic E-state index is 0.0379. The number of nitrogens with one attached hydrogen (secondary N) is 1. The monoisotopic (exact) mass is 504 g/mol. The highest BCUT2D eigenvalue weighted by Crippen LogP contribution is 2.41. The third-order valence-corrected chi connectivity index (χ3v) is 6.35. The number of anilines is 2. The first-order valence-corrected chi connectivity index (χ1v) is 10.8. The van der Waals surface area contributed by atoms with Crippen LogP contribution in [0.25, 0.3) is 5.65 Å². The van der Waals surface area contributed by atoms with Crippen LogP contribution in [0.3, 0.4) is 0 Å². The van der Waals surface area contributed by atoms with E-state index in [2.05, 4.69) is 20.4 Å². The lowest BCUT2D eigenvalue weighted by Crippen LogP contribution is -2.48. The Morgan fingerprint density at radius 1 is 1.03 bits per heavy atom. The van der Waals surface area contributed by atoms with Crippen LogP contribution < -0.4 is 15.0 Å². The number of hydrogen-bond donors (Lipinski definition) is 1. The molecule has 14 heteroatoms. The highest BCUT2D eigenvalue weighted by Gasteiger charge is 2.43. The molecule has 35 heavy (non-hydrogen) atoms. The van der Waals surface area contributed by atoms with Gasteiger partial charge in [0.1, 0.15) is 5.69 Å². The van der Waals surface area contributed by atoms with Gasteiger partial charge in [0.05, 0.1) is 11.9 Å². The standard InChI is InChI=1S/C21H19F7N6O/c22-13-7-29-6-5-14(13)33-8-11-1-2-12(9-33)17(11)30-19-31-18-15(35-10-20(23,24)25)3-4-16(21(26,27)28)34(18)32-19/h3-7,11-12,17H,1-2,8-10H2,(H,30,32)/t11-,12+,17?. The number of fused-ring (bicyclic) bond motifs is 3. The zero-order chi connectivity index (χ0) is 25.0. The summed E-state index contributed by atoms with van der Waals surface area (Å²) in [5, 5.41) is 6.97. The summed E-state index contributed by atoms with van der Waals surface area (Å²) in [4.78, 5) is 9.71. The van der Waals surface area contributed by atoms with Crippen LogP contribution in [0.1, 0.15) is 18.5 Å². The second-order valence-electron chi connectivity index (χ2n) is 8.65. The van der Waals surface area contributed by atoms with Crippen molar-refractivity contribution < 1.29 is 35.5 Å². The lowest BCUT2D eigenvalue weighted by atomic mass is 9.92. The van der Waals surface area contributed by atoms with Gasteiger partial charge in [-0.3, -0.25) is 4.98 Å². The second-order valence-corrected chi connectivity index (χ2v) is 8.65. The van der Waals surface area contributed by atoms with Crippen LogP contribution in [0.2, 0.25) is 0 Å². The number of hydrogen-bond acceptors (Lipinski definition) is 6. The maximum absolute atomic E-state index is 14.2. The van der Waals surface area contributed by atoms with E-state index < -0.39 is 41.9 Å². The molecule has 3 atom stereocenters. The SMILES string of the molecule is Fc1cnccc1N1C[C@H]2CC[C@@H](C1)C2Nc1nc2c(OCC(F)(F)F)ccc(C(F)(F)F)n2n1. The molecule has 2 fully saturated rings. The van der Waals surface area contributed by atoms with E-state index in [1.165, 1.54) is 6.20 Å². The molecule has 2 aliphatic rings. The Kier molecular flexibility index (Phi) is 5.63. The molecule has 1 unspecified atom stereocenters. The highest BCUT2D eigenvalue weighted by molar-refractivity contribution is 5.57. The van der Waals surface area contributed by atoms with Gasteiger partial charge in [-0.1, -0.05) is 0 Å². The van der Waals surface area contributed by atoms with E-state index >= 15 is 0 Å². The van der Waals surface area contributed by atoms with Crippen molar-refractivity contribution >= 4 is 17.3 Å². The van der Waals surface area contributed by atoms with Crippen LogP contribution in [-0.4, -0.2) is 51.5 Å². The van der Waals surface area contributed by atoms with Crippen molar-refractivity contribution in [3.05, 3.63) is 42.1 Å². The van der Waals surface area contributed by atoms with Gasteiger partial charge in [0.25, 0.3) is 0 Å². The van der Waals surface area contributed by atoms with Crippen LogP contribution in [0, 0.1) is 17.7 Å². The van der Waals surface area contributed by atoms with E-state index in [-0.39, 0.29) is 23.8 Å². The van der Waals surface area contributed by atoms with Crippen molar-refractivity contribution in [2.75, 3.05) is 29.9 Å². The van der Waals surface area contributed by atoms with E-state index in [0.717, 1.165) is 25.1 Å². The number of alkyl halides is 6. The molecule has 3 aromatic rings. The lowest BCUT2D eigenvalue weighted by Gasteiger charge is -2.39. The molecule has 5 rings (SSSR count). The van der Waals surface area contributed by atoms with Crippen molar-refractivity contribution in [2.45, 2.75) is 31.2 Å². The Hall–Kier alpha value is -3.32. The van der Waals surface area contributed by atoms with Crippen LogP contribution in [-0.2, 0) is 6.18 Å². The van der Waals surface area contributed by atoms with Gasteiger partial charge in [0, 0.05) is 25.3 Å². The van der Waals surface area contributed by atoms with Crippen LogP contribution >= 0.6 is 0 Å². The molecule has 0 aromatic carbocycles. The number of nitrogens with zero attached hydrogens (tertiary/aromatic N) is 5. The van der Waals surface area contributed by atoms with Crippen LogP contribution in [0.5, 0.6) is 5.75 Å². The molecule has 0 radical (unpaired) electrons. The third-order valence-electron chi connectivity index (χ3n) is 6.35. The van der Waals surface area contributed by atoms with E-state index in [1.807, 2.05) is 4.90 Å². The average molecular weight is 504 g/mol. The van der Waals surface area contributed by atoms with Gasteiger partial charge >= 0.3 is 12.4 Å². The van der Waals surface area contributed by atoms with E-state index in [4.69, 9.17) is 4.74 Å². The maximum atomic E-state index is 14.2. The molecule has 7 nitrogen and oxygen atoms in total. The number of halogens is 7. The summed E-state index contributed by atoms with van der Waals surface area (Å²) in [5.41, 5.74) is -1.24. The van der Waals surface area contributed by atoms with Crippen LogP contribution in [0.15, 0.2) is 30.6 Å².